The number of hydrogen-bond donors (Lipinski definition) is 2. The molecule has 0 amide bonds. The first-order valence-corrected chi connectivity index (χ1v) is 9.00. The quantitative estimate of drug-likeness (QED) is 0.583. The van der Waals surface area contributed by atoms with Crippen molar-refractivity contribution in [1.29, 1.82) is 0 Å². The maximum absolute atomic E-state index is 9.30. The predicted molar refractivity (Wildman–Crippen MR) is 108 cm³/mol. The number of rotatable bonds is 7. The van der Waals surface area contributed by atoms with Crippen molar-refractivity contribution in [2.75, 3.05) is 6.61 Å². The fourth-order valence-corrected chi connectivity index (χ4v) is 3.49. The molecule has 0 aliphatic heterocycles. The number of benzene rings is 2. The third kappa shape index (κ3) is 6.37. The molecule has 0 saturated heterocycles. The lowest BCUT2D eigenvalue weighted by Gasteiger charge is -2.24. The maximum atomic E-state index is 9.30. The van der Waals surface area contributed by atoms with Gasteiger partial charge in [-0.25, -0.2) is 0 Å². The van der Waals surface area contributed by atoms with E-state index in [0.29, 0.717) is 13.2 Å². The lowest BCUT2D eigenvalue weighted by Crippen LogP contribution is -2.42. The zero-order valence-corrected chi connectivity index (χ0v) is 17.7. The molecule has 0 atom stereocenters. The highest BCUT2D eigenvalue weighted by molar-refractivity contribution is 9.11. The van der Waals surface area contributed by atoms with Gasteiger partial charge in [-0.2, -0.15) is 0 Å². The van der Waals surface area contributed by atoms with Gasteiger partial charge < -0.3 is 15.2 Å². The molecule has 2 aromatic carbocycles. The van der Waals surface area contributed by atoms with E-state index in [1.54, 1.807) is 0 Å². The van der Waals surface area contributed by atoms with Crippen molar-refractivity contribution in [3.8, 4) is 5.75 Å². The SMILES string of the molecule is CC(C)(CO)NCc1cc(Br)c(OCc2ccccc2)c(Br)c1.Cl. The van der Waals surface area contributed by atoms with Crippen LogP contribution < -0.4 is 10.1 Å². The molecule has 0 spiro atoms. The Morgan fingerprint density at radius 2 is 1.62 bits per heavy atom. The summed E-state index contributed by atoms with van der Waals surface area (Å²) in [7, 11) is 0. The Balaban J connectivity index is 0.00000288. The van der Waals surface area contributed by atoms with Crippen LogP contribution in [-0.4, -0.2) is 17.3 Å². The van der Waals surface area contributed by atoms with Gasteiger partial charge in [-0.1, -0.05) is 30.3 Å². The third-order valence-corrected chi connectivity index (χ3v) is 4.63. The normalized spacial score (nSPS) is 11.0. The highest BCUT2D eigenvalue weighted by Crippen LogP contribution is 2.35. The second-order valence-electron chi connectivity index (χ2n) is 6.06. The van der Waals surface area contributed by atoms with E-state index in [1.807, 2.05) is 56.3 Å². The Morgan fingerprint density at radius 1 is 1.04 bits per heavy atom. The average Bonchev–Trinajstić information content (AvgIpc) is 2.53. The van der Waals surface area contributed by atoms with E-state index in [1.165, 1.54) is 0 Å². The van der Waals surface area contributed by atoms with Crippen molar-refractivity contribution in [3.63, 3.8) is 0 Å². The van der Waals surface area contributed by atoms with Crippen LogP contribution >= 0.6 is 44.3 Å². The van der Waals surface area contributed by atoms with E-state index in [-0.39, 0.29) is 24.6 Å². The van der Waals surface area contributed by atoms with Gasteiger partial charge in [0.1, 0.15) is 12.4 Å². The molecule has 6 heteroatoms. The fraction of sp³-hybridized carbons (Fsp3) is 0.333. The van der Waals surface area contributed by atoms with Crippen molar-refractivity contribution in [2.24, 2.45) is 0 Å². The van der Waals surface area contributed by atoms with E-state index in [9.17, 15) is 5.11 Å². The van der Waals surface area contributed by atoms with Gasteiger partial charge in [-0.05, 0) is 69.0 Å². The molecule has 0 aromatic heterocycles. The molecule has 0 saturated carbocycles. The van der Waals surface area contributed by atoms with Gasteiger partial charge in [0.25, 0.3) is 0 Å². The van der Waals surface area contributed by atoms with Crippen LogP contribution in [-0.2, 0) is 13.2 Å². The van der Waals surface area contributed by atoms with Gasteiger partial charge in [0.05, 0.1) is 15.6 Å². The zero-order valence-electron chi connectivity index (χ0n) is 13.7. The number of ether oxygens (including phenoxy) is 1. The van der Waals surface area contributed by atoms with E-state index >= 15 is 0 Å². The first kappa shape index (κ1) is 21.5. The Labute approximate surface area is 166 Å². The van der Waals surface area contributed by atoms with Crippen molar-refractivity contribution >= 4 is 44.3 Å². The van der Waals surface area contributed by atoms with E-state index < -0.39 is 0 Å². The summed E-state index contributed by atoms with van der Waals surface area (Å²) >= 11 is 7.15. The Bertz CT molecular complexity index is 628. The van der Waals surface area contributed by atoms with Gasteiger partial charge in [-0.3, -0.25) is 0 Å². The summed E-state index contributed by atoms with van der Waals surface area (Å²) < 4.78 is 7.73. The molecule has 0 heterocycles. The topological polar surface area (TPSA) is 41.5 Å². The molecule has 132 valence electrons. The smallest absolute Gasteiger partial charge is 0.148 e. The molecule has 3 nitrogen and oxygen atoms in total. The van der Waals surface area contributed by atoms with Gasteiger partial charge in [0.2, 0.25) is 0 Å². The summed E-state index contributed by atoms with van der Waals surface area (Å²) in [5, 5.41) is 12.6. The molecule has 2 N–H and O–H groups in total. The summed E-state index contributed by atoms with van der Waals surface area (Å²) in [5.41, 5.74) is 1.93. The number of halogens is 3. The molecule has 2 rings (SSSR count). The largest absolute Gasteiger partial charge is 0.487 e. The minimum absolute atomic E-state index is 0. The summed E-state index contributed by atoms with van der Waals surface area (Å²) in [6.45, 7) is 5.22. The molecular weight excluding hydrogens is 457 g/mol. The summed E-state index contributed by atoms with van der Waals surface area (Å²) in [6, 6.07) is 14.1. The van der Waals surface area contributed by atoms with Crippen molar-refractivity contribution in [3.05, 3.63) is 62.5 Å². The zero-order chi connectivity index (χ0) is 16.9. The average molecular weight is 480 g/mol. The van der Waals surface area contributed by atoms with Gasteiger partial charge in [0, 0.05) is 12.1 Å². The first-order valence-electron chi connectivity index (χ1n) is 7.42. The molecule has 0 aliphatic rings. The van der Waals surface area contributed by atoms with Crippen molar-refractivity contribution in [2.45, 2.75) is 32.5 Å². The molecular formula is C18H22Br2ClNO2. The predicted octanol–water partition coefficient (Wildman–Crippen LogP) is 5.07. The number of nitrogens with one attached hydrogen (secondary N) is 1. The van der Waals surface area contributed by atoms with E-state index in [0.717, 1.165) is 25.8 Å². The Hall–Kier alpha value is -0.590. The van der Waals surface area contributed by atoms with Gasteiger partial charge in [-0.15, -0.1) is 12.4 Å². The minimum atomic E-state index is -0.304. The standard InChI is InChI=1S/C18H21Br2NO2.ClH/c1-18(2,12-22)21-10-14-8-15(19)17(16(20)9-14)23-11-13-6-4-3-5-7-13;/h3-9,21-22H,10-12H2,1-2H3;1H. The van der Waals surface area contributed by atoms with Crippen LogP contribution in [0, 0.1) is 0 Å². The fourth-order valence-electron chi connectivity index (χ4n) is 1.98. The lowest BCUT2D eigenvalue weighted by molar-refractivity contribution is 0.187. The molecule has 2 aromatic rings. The van der Waals surface area contributed by atoms with Gasteiger partial charge in [0.15, 0.2) is 0 Å². The van der Waals surface area contributed by atoms with E-state index in [2.05, 4.69) is 37.2 Å². The Kier molecular flexibility index (Phi) is 8.74. The van der Waals surface area contributed by atoms with Crippen molar-refractivity contribution < 1.29 is 9.84 Å². The van der Waals surface area contributed by atoms with Crippen LogP contribution in [0.4, 0.5) is 0 Å². The van der Waals surface area contributed by atoms with Crippen LogP contribution in [0.25, 0.3) is 0 Å². The molecule has 0 unspecified atom stereocenters. The molecule has 0 radical (unpaired) electrons. The third-order valence-electron chi connectivity index (χ3n) is 3.45. The van der Waals surface area contributed by atoms with Crippen LogP contribution in [0.5, 0.6) is 5.75 Å². The molecule has 0 bridgehead atoms. The van der Waals surface area contributed by atoms with Crippen LogP contribution in [0.1, 0.15) is 25.0 Å². The number of hydrogen-bond acceptors (Lipinski definition) is 3. The molecule has 24 heavy (non-hydrogen) atoms. The monoisotopic (exact) mass is 477 g/mol. The van der Waals surface area contributed by atoms with Crippen LogP contribution in [0.3, 0.4) is 0 Å². The van der Waals surface area contributed by atoms with Crippen molar-refractivity contribution in [1.82, 2.24) is 5.32 Å². The van der Waals surface area contributed by atoms with Crippen LogP contribution in [0.2, 0.25) is 0 Å². The van der Waals surface area contributed by atoms with Gasteiger partial charge >= 0.3 is 0 Å². The van der Waals surface area contributed by atoms with Crippen LogP contribution in [0.15, 0.2) is 51.4 Å². The summed E-state index contributed by atoms with van der Waals surface area (Å²) in [4.78, 5) is 0. The number of aliphatic hydroxyl groups is 1. The highest BCUT2D eigenvalue weighted by atomic mass is 79.9. The lowest BCUT2D eigenvalue weighted by atomic mass is 10.1. The minimum Gasteiger partial charge on any atom is -0.487 e. The molecule has 0 aliphatic carbocycles. The molecule has 0 fully saturated rings. The second-order valence-corrected chi connectivity index (χ2v) is 7.77. The Morgan fingerprint density at radius 3 is 2.17 bits per heavy atom. The van der Waals surface area contributed by atoms with E-state index in [4.69, 9.17) is 4.74 Å². The first-order chi connectivity index (χ1) is 10.9. The summed E-state index contributed by atoms with van der Waals surface area (Å²) in [6.07, 6.45) is 0. The second kappa shape index (κ2) is 9.78. The number of aliphatic hydroxyl groups excluding tert-OH is 1. The maximum Gasteiger partial charge on any atom is 0.148 e. The highest BCUT2D eigenvalue weighted by Gasteiger charge is 2.16. The summed E-state index contributed by atoms with van der Waals surface area (Å²) in [5.74, 6) is 0.791.